The van der Waals surface area contributed by atoms with Crippen LogP contribution in [0.4, 0.5) is 34.1 Å². The van der Waals surface area contributed by atoms with Crippen molar-refractivity contribution >= 4 is 78.0 Å². The lowest BCUT2D eigenvalue weighted by Gasteiger charge is -2.26. The summed E-state index contributed by atoms with van der Waals surface area (Å²) in [5.41, 5.74) is 12.1. The standard InChI is InChI=1S/C48H32N2O2/c1-3-12-35(13-4-1)49(36-14-5-2-6-15-36)37-26-22-33(23-27-37)34-24-28-38(29-25-34)50(39-30-31-47-43(32-39)41-17-8-9-20-45(41)51-47)44-19-11-18-42-40-16-7-10-21-46(40)52-48(42)44/h1-32H. The lowest BCUT2D eigenvalue weighted by Crippen LogP contribution is -2.10. The lowest BCUT2D eigenvalue weighted by atomic mass is 10.0. The molecule has 8 aromatic carbocycles. The highest BCUT2D eigenvalue weighted by Gasteiger charge is 2.21. The minimum atomic E-state index is 0.849. The maximum atomic E-state index is 6.57. The number of benzene rings is 8. The van der Waals surface area contributed by atoms with Gasteiger partial charge in [-0.25, -0.2) is 0 Å². The molecule has 2 aromatic heterocycles. The van der Waals surface area contributed by atoms with E-state index < -0.39 is 0 Å². The van der Waals surface area contributed by atoms with Gasteiger partial charge in [0.15, 0.2) is 5.58 Å². The molecule has 4 heteroatoms. The Kier molecular flexibility index (Phi) is 7.10. The van der Waals surface area contributed by atoms with E-state index in [9.17, 15) is 0 Å². The Morgan fingerprint density at radius 3 is 1.38 bits per heavy atom. The van der Waals surface area contributed by atoms with Gasteiger partial charge in [-0.1, -0.05) is 109 Å². The fourth-order valence-electron chi connectivity index (χ4n) is 7.40. The van der Waals surface area contributed by atoms with Crippen LogP contribution < -0.4 is 9.80 Å². The second-order valence-corrected chi connectivity index (χ2v) is 13.0. The van der Waals surface area contributed by atoms with Crippen molar-refractivity contribution in [2.75, 3.05) is 9.80 Å². The highest BCUT2D eigenvalue weighted by Crippen LogP contribution is 2.44. The molecule has 0 saturated heterocycles. The number of nitrogens with zero attached hydrogens (tertiary/aromatic N) is 2. The summed E-state index contributed by atoms with van der Waals surface area (Å²) in [4.78, 5) is 4.57. The van der Waals surface area contributed by atoms with Gasteiger partial charge in [-0.05, 0) is 96.1 Å². The fourth-order valence-corrected chi connectivity index (χ4v) is 7.40. The average Bonchev–Trinajstić information content (AvgIpc) is 3.78. The Morgan fingerprint density at radius 2 is 0.750 bits per heavy atom. The van der Waals surface area contributed by atoms with Crippen LogP contribution in [0.2, 0.25) is 0 Å². The van der Waals surface area contributed by atoms with Crippen molar-refractivity contribution in [1.82, 2.24) is 0 Å². The summed E-state index contributed by atoms with van der Waals surface area (Å²) < 4.78 is 12.8. The minimum absolute atomic E-state index is 0.849. The molecule has 0 amide bonds. The Morgan fingerprint density at radius 1 is 0.288 bits per heavy atom. The van der Waals surface area contributed by atoms with Gasteiger partial charge in [0.2, 0.25) is 0 Å². The van der Waals surface area contributed by atoms with Crippen molar-refractivity contribution in [2.45, 2.75) is 0 Å². The van der Waals surface area contributed by atoms with Crippen molar-refractivity contribution in [3.8, 4) is 11.1 Å². The summed E-state index contributed by atoms with van der Waals surface area (Å²) in [6, 6.07) is 67.8. The zero-order valence-electron chi connectivity index (χ0n) is 28.2. The number of furan rings is 2. The maximum absolute atomic E-state index is 6.57. The van der Waals surface area contributed by atoms with Crippen LogP contribution in [0.1, 0.15) is 0 Å². The average molecular weight is 669 g/mol. The van der Waals surface area contributed by atoms with Gasteiger partial charge in [0.05, 0.1) is 5.69 Å². The minimum Gasteiger partial charge on any atom is -0.456 e. The third kappa shape index (κ3) is 5.09. The van der Waals surface area contributed by atoms with E-state index in [1.54, 1.807) is 0 Å². The van der Waals surface area contributed by atoms with Gasteiger partial charge in [0, 0.05) is 50.0 Å². The van der Waals surface area contributed by atoms with Crippen LogP contribution in [0.5, 0.6) is 0 Å². The SMILES string of the molecule is c1ccc(N(c2ccccc2)c2ccc(-c3ccc(N(c4ccc5oc6ccccc6c5c4)c4cccc5c4oc4ccccc45)cc3)cc2)cc1. The number of para-hydroxylation sites is 5. The molecule has 10 aromatic rings. The molecule has 4 nitrogen and oxygen atoms in total. The van der Waals surface area contributed by atoms with E-state index in [0.717, 1.165) is 89.1 Å². The molecule has 0 unspecified atom stereocenters. The Hall–Kier alpha value is -7.04. The Balaban J connectivity index is 1.07. The summed E-state index contributed by atoms with van der Waals surface area (Å²) in [6.07, 6.45) is 0. The molecule has 0 fully saturated rings. The van der Waals surface area contributed by atoms with Gasteiger partial charge in [0.25, 0.3) is 0 Å². The summed E-state index contributed by atoms with van der Waals surface area (Å²) in [7, 11) is 0. The first-order valence-electron chi connectivity index (χ1n) is 17.5. The molecule has 0 atom stereocenters. The number of hydrogen-bond acceptors (Lipinski definition) is 4. The van der Waals surface area contributed by atoms with Crippen molar-refractivity contribution < 1.29 is 8.83 Å². The Bertz CT molecular complexity index is 2800. The zero-order valence-corrected chi connectivity index (χ0v) is 28.2. The fraction of sp³-hybridized carbons (Fsp3) is 0. The molecular weight excluding hydrogens is 637 g/mol. The molecule has 52 heavy (non-hydrogen) atoms. The smallest absolute Gasteiger partial charge is 0.159 e. The summed E-state index contributed by atoms with van der Waals surface area (Å²) in [6.45, 7) is 0. The molecule has 246 valence electrons. The molecule has 0 spiro atoms. The number of hydrogen-bond donors (Lipinski definition) is 0. The third-order valence-electron chi connectivity index (χ3n) is 9.86. The van der Waals surface area contributed by atoms with E-state index in [1.165, 1.54) is 0 Å². The second-order valence-electron chi connectivity index (χ2n) is 13.0. The first-order valence-corrected chi connectivity index (χ1v) is 17.5. The van der Waals surface area contributed by atoms with E-state index in [-0.39, 0.29) is 0 Å². The molecule has 0 saturated carbocycles. The zero-order chi connectivity index (χ0) is 34.4. The molecule has 0 radical (unpaired) electrons. The van der Waals surface area contributed by atoms with Gasteiger partial charge in [-0.3, -0.25) is 0 Å². The Labute approximate surface area is 301 Å². The van der Waals surface area contributed by atoms with E-state index in [4.69, 9.17) is 8.83 Å². The molecule has 2 heterocycles. The summed E-state index contributed by atoms with van der Waals surface area (Å²) in [5, 5.41) is 4.36. The highest BCUT2D eigenvalue weighted by molar-refractivity contribution is 6.11. The van der Waals surface area contributed by atoms with Crippen LogP contribution >= 0.6 is 0 Å². The second kappa shape index (κ2) is 12.4. The molecule has 10 rings (SSSR count). The van der Waals surface area contributed by atoms with E-state index in [2.05, 4.69) is 180 Å². The van der Waals surface area contributed by atoms with E-state index in [0.29, 0.717) is 0 Å². The first kappa shape index (κ1) is 29.8. The molecule has 0 bridgehead atoms. The normalized spacial score (nSPS) is 11.5. The number of fused-ring (bicyclic) bond motifs is 6. The van der Waals surface area contributed by atoms with Gasteiger partial charge in [-0.2, -0.15) is 0 Å². The quantitative estimate of drug-likeness (QED) is 0.169. The largest absolute Gasteiger partial charge is 0.456 e. The summed E-state index contributed by atoms with van der Waals surface area (Å²) in [5.74, 6) is 0. The van der Waals surface area contributed by atoms with Crippen LogP contribution in [0.3, 0.4) is 0 Å². The molecule has 0 aliphatic carbocycles. The lowest BCUT2D eigenvalue weighted by molar-refractivity contribution is 0.669. The molecule has 0 N–H and O–H groups in total. The maximum Gasteiger partial charge on any atom is 0.159 e. The third-order valence-corrected chi connectivity index (χ3v) is 9.86. The van der Waals surface area contributed by atoms with Crippen LogP contribution in [0, 0.1) is 0 Å². The highest BCUT2D eigenvalue weighted by atomic mass is 16.3. The predicted octanol–water partition coefficient (Wildman–Crippen LogP) is 14.1. The predicted molar refractivity (Wildman–Crippen MR) is 216 cm³/mol. The van der Waals surface area contributed by atoms with Gasteiger partial charge in [0.1, 0.15) is 16.7 Å². The van der Waals surface area contributed by atoms with Crippen molar-refractivity contribution in [2.24, 2.45) is 0 Å². The number of rotatable bonds is 7. The van der Waals surface area contributed by atoms with E-state index >= 15 is 0 Å². The van der Waals surface area contributed by atoms with Crippen LogP contribution in [-0.4, -0.2) is 0 Å². The van der Waals surface area contributed by atoms with Crippen molar-refractivity contribution in [3.63, 3.8) is 0 Å². The van der Waals surface area contributed by atoms with Crippen LogP contribution in [0.15, 0.2) is 203 Å². The topological polar surface area (TPSA) is 32.8 Å². The molecular formula is C48H32N2O2. The molecule has 0 aliphatic heterocycles. The van der Waals surface area contributed by atoms with Gasteiger partial charge in [-0.15, -0.1) is 0 Å². The van der Waals surface area contributed by atoms with Gasteiger partial charge < -0.3 is 18.6 Å². The van der Waals surface area contributed by atoms with E-state index in [1.807, 2.05) is 24.3 Å². The monoisotopic (exact) mass is 668 g/mol. The van der Waals surface area contributed by atoms with Gasteiger partial charge >= 0.3 is 0 Å². The first-order chi connectivity index (χ1) is 25.8. The van der Waals surface area contributed by atoms with Crippen molar-refractivity contribution in [1.29, 1.82) is 0 Å². The van der Waals surface area contributed by atoms with Crippen molar-refractivity contribution in [3.05, 3.63) is 194 Å². The number of anilines is 6. The summed E-state index contributed by atoms with van der Waals surface area (Å²) >= 11 is 0. The van der Waals surface area contributed by atoms with Crippen LogP contribution in [-0.2, 0) is 0 Å². The molecule has 0 aliphatic rings. The van der Waals surface area contributed by atoms with Crippen LogP contribution in [0.25, 0.3) is 55.0 Å².